The molecule has 1 heterocycles. The van der Waals surface area contributed by atoms with E-state index in [1.807, 2.05) is 30.3 Å². The van der Waals surface area contributed by atoms with Gasteiger partial charge in [0.15, 0.2) is 12.2 Å². The molecule has 0 bridgehead atoms. The smallest absolute Gasteiger partial charge is 0.176 e. The topological polar surface area (TPSA) is 34.0 Å². The number of hydrogen-bond donors (Lipinski definition) is 0. The van der Waals surface area contributed by atoms with Crippen molar-refractivity contribution in [1.82, 2.24) is 0 Å². The van der Waals surface area contributed by atoms with Gasteiger partial charge in [-0.2, -0.15) is 0 Å². The van der Waals surface area contributed by atoms with E-state index in [9.17, 15) is 0 Å². The molecular weight excluding hydrogens is 188 g/mol. The summed E-state index contributed by atoms with van der Waals surface area (Å²) in [5.74, 6) is 0.712. The molecule has 2 rings (SSSR count). The fraction of sp³-hybridized carbons (Fsp3) is 0.167. The Morgan fingerprint density at radius 3 is 2.80 bits per heavy atom. The predicted octanol–water partition coefficient (Wildman–Crippen LogP) is 2.37. The van der Waals surface area contributed by atoms with E-state index in [0.717, 1.165) is 5.56 Å². The molecule has 0 saturated carbocycles. The molecule has 1 aliphatic heterocycles. The number of amidine groups is 1. The van der Waals surface area contributed by atoms with Crippen molar-refractivity contribution in [1.29, 1.82) is 0 Å². The van der Waals surface area contributed by atoms with Gasteiger partial charge in [0.1, 0.15) is 6.61 Å². The Morgan fingerprint density at radius 1 is 1.40 bits per heavy atom. The maximum absolute atomic E-state index is 4.98. The van der Waals surface area contributed by atoms with Crippen molar-refractivity contribution in [3.05, 3.63) is 48.6 Å². The van der Waals surface area contributed by atoms with Crippen LogP contribution in [0.1, 0.15) is 11.6 Å². The highest BCUT2D eigenvalue weighted by atomic mass is 16.5. The maximum atomic E-state index is 4.98. The van der Waals surface area contributed by atoms with Gasteiger partial charge in [-0.3, -0.25) is 4.99 Å². The Bertz CT molecular complexity index is 395. The van der Waals surface area contributed by atoms with Crippen molar-refractivity contribution in [2.24, 2.45) is 9.98 Å². The number of nitrogens with zero attached hydrogens (tertiary/aromatic N) is 2. The Morgan fingerprint density at radius 2 is 2.20 bits per heavy atom. The summed E-state index contributed by atoms with van der Waals surface area (Å²) < 4.78 is 4.98. The summed E-state index contributed by atoms with van der Waals surface area (Å²) in [5.41, 5.74) is 1.11. The molecule has 0 saturated heterocycles. The van der Waals surface area contributed by atoms with Crippen LogP contribution in [0.3, 0.4) is 0 Å². The van der Waals surface area contributed by atoms with Gasteiger partial charge >= 0.3 is 0 Å². The first kappa shape index (κ1) is 9.65. The lowest BCUT2D eigenvalue weighted by Crippen LogP contribution is -2.00. The quantitative estimate of drug-likeness (QED) is 0.690. The summed E-state index contributed by atoms with van der Waals surface area (Å²) in [6, 6.07) is 9.96. The fourth-order valence-electron chi connectivity index (χ4n) is 1.39. The molecule has 0 aliphatic carbocycles. The van der Waals surface area contributed by atoms with Gasteiger partial charge in [-0.1, -0.05) is 36.4 Å². The first-order chi connectivity index (χ1) is 7.40. The van der Waals surface area contributed by atoms with E-state index >= 15 is 0 Å². The van der Waals surface area contributed by atoms with Gasteiger partial charge in [0.05, 0.1) is 6.04 Å². The van der Waals surface area contributed by atoms with Crippen LogP contribution in [0.15, 0.2) is 53.0 Å². The highest BCUT2D eigenvalue weighted by Crippen LogP contribution is 2.18. The standard InChI is InChI=1S/C12H12N2O/c1-2-11(10-6-4-3-5-7-10)14-12-8-15-9-13-12/h2-7,9,11H,1,8H2. The third kappa shape index (κ3) is 2.31. The van der Waals surface area contributed by atoms with Crippen molar-refractivity contribution in [3.8, 4) is 0 Å². The minimum atomic E-state index is -0.0416. The van der Waals surface area contributed by atoms with Crippen LogP contribution in [0.2, 0.25) is 0 Å². The minimum absolute atomic E-state index is 0.0416. The SMILES string of the molecule is C=CC(N=C1COC=N1)c1ccccc1. The van der Waals surface area contributed by atoms with Crippen LogP contribution in [-0.2, 0) is 4.74 Å². The number of hydrogen-bond acceptors (Lipinski definition) is 2. The molecule has 3 nitrogen and oxygen atoms in total. The Hall–Kier alpha value is -1.90. The molecule has 0 amide bonds. The minimum Gasteiger partial charge on any atom is -0.475 e. The zero-order chi connectivity index (χ0) is 10.5. The molecule has 1 atom stereocenters. The molecule has 0 radical (unpaired) electrons. The van der Waals surface area contributed by atoms with Crippen LogP contribution >= 0.6 is 0 Å². The molecule has 1 aliphatic rings. The van der Waals surface area contributed by atoms with Crippen molar-refractivity contribution in [2.75, 3.05) is 6.61 Å². The molecule has 0 spiro atoms. The predicted molar refractivity (Wildman–Crippen MR) is 61.3 cm³/mol. The lowest BCUT2D eigenvalue weighted by atomic mass is 10.1. The number of aliphatic imine (C=N–C) groups is 2. The molecule has 1 aromatic rings. The van der Waals surface area contributed by atoms with Crippen LogP contribution in [-0.4, -0.2) is 18.8 Å². The Balaban J connectivity index is 2.21. The van der Waals surface area contributed by atoms with Crippen LogP contribution in [0.25, 0.3) is 0 Å². The number of benzene rings is 1. The average Bonchev–Trinajstić information content (AvgIpc) is 2.80. The summed E-state index contributed by atoms with van der Waals surface area (Å²) in [4.78, 5) is 8.44. The number of ether oxygens (including phenoxy) is 1. The van der Waals surface area contributed by atoms with Crippen molar-refractivity contribution in [2.45, 2.75) is 6.04 Å². The second kappa shape index (κ2) is 4.55. The van der Waals surface area contributed by atoms with Crippen LogP contribution in [0, 0.1) is 0 Å². The van der Waals surface area contributed by atoms with Crippen LogP contribution in [0.5, 0.6) is 0 Å². The number of rotatable bonds is 3. The second-order valence-corrected chi connectivity index (χ2v) is 3.18. The molecule has 76 valence electrons. The maximum Gasteiger partial charge on any atom is 0.176 e. The molecule has 0 fully saturated rings. The Kier molecular flexibility index (Phi) is 2.93. The van der Waals surface area contributed by atoms with Crippen molar-refractivity contribution < 1.29 is 4.74 Å². The van der Waals surface area contributed by atoms with E-state index in [-0.39, 0.29) is 6.04 Å². The molecule has 15 heavy (non-hydrogen) atoms. The highest BCUT2D eigenvalue weighted by Gasteiger charge is 2.09. The van der Waals surface area contributed by atoms with Gasteiger partial charge in [-0.15, -0.1) is 6.58 Å². The summed E-state index contributed by atoms with van der Waals surface area (Å²) in [6.07, 6.45) is 3.22. The first-order valence-corrected chi connectivity index (χ1v) is 4.78. The molecule has 0 N–H and O–H groups in total. The summed E-state index contributed by atoms with van der Waals surface area (Å²) in [5, 5.41) is 0. The van der Waals surface area contributed by atoms with Gasteiger partial charge in [0.2, 0.25) is 0 Å². The Labute approximate surface area is 88.8 Å². The highest BCUT2D eigenvalue weighted by molar-refractivity contribution is 5.93. The average molecular weight is 200 g/mol. The third-order valence-electron chi connectivity index (χ3n) is 2.14. The van der Waals surface area contributed by atoms with Gasteiger partial charge in [0.25, 0.3) is 0 Å². The largest absolute Gasteiger partial charge is 0.475 e. The van der Waals surface area contributed by atoms with E-state index in [0.29, 0.717) is 12.4 Å². The molecular formula is C12H12N2O. The first-order valence-electron chi connectivity index (χ1n) is 4.78. The summed E-state index contributed by atoms with van der Waals surface area (Å²) in [6.45, 7) is 4.24. The van der Waals surface area contributed by atoms with Crippen LogP contribution < -0.4 is 0 Å². The zero-order valence-electron chi connectivity index (χ0n) is 8.34. The molecule has 3 heteroatoms. The van der Waals surface area contributed by atoms with Gasteiger partial charge < -0.3 is 4.74 Å². The fourth-order valence-corrected chi connectivity index (χ4v) is 1.39. The van der Waals surface area contributed by atoms with Gasteiger partial charge in [-0.05, 0) is 5.56 Å². The van der Waals surface area contributed by atoms with E-state index in [1.165, 1.54) is 6.40 Å². The van der Waals surface area contributed by atoms with Crippen molar-refractivity contribution in [3.63, 3.8) is 0 Å². The van der Waals surface area contributed by atoms with E-state index < -0.39 is 0 Å². The van der Waals surface area contributed by atoms with Gasteiger partial charge in [-0.25, -0.2) is 4.99 Å². The lowest BCUT2D eigenvalue weighted by molar-refractivity contribution is 0.396. The molecule has 1 aromatic carbocycles. The normalized spacial score (nSPS) is 18.8. The van der Waals surface area contributed by atoms with E-state index in [4.69, 9.17) is 4.74 Å². The lowest BCUT2D eigenvalue weighted by Gasteiger charge is -2.07. The van der Waals surface area contributed by atoms with E-state index in [2.05, 4.69) is 16.6 Å². The van der Waals surface area contributed by atoms with E-state index in [1.54, 1.807) is 6.08 Å². The zero-order valence-corrected chi connectivity index (χ0v) is 8.34. The second-order valence-electron chi connectivity index (χ2n) is 3.18. The van der Waals surface area contributed by atoms with Gasteiger partial charge in [0, 0.05) is 0 Å². The monoisotopic (exact) mass is 200 g/mol. The third-order valence-corrected chi connectivity index (χ3v) is 2.14. The molecule has 0 aromatic heterocycles. The van der Waals surface area contributed by atoms with Crippen molar-refractivity contribution >= 4 is 12.2 Å². The summed E-state index contributed by atoms with van der Waals surface area (Å²) >= 11 is 0. The molecule has 1 unspecified atom stereocenters. The van der Waals surface area contributed by atoms with Crippen LogP contribution in [0.4, 0.5) is 0 Å². The summed E-state index contributed by atoms with van der Waals surface area (Å²) in [7, 11) is 0.